The second kappa shape index (κ2) is 24.8. The number of allylic oxidation sites excluding steroid dienone is 4. The second-order valence-corrected chi connectivity index (χ2v) is 11.8. The molecular formula is C37H70. The molecule has 218 valence electrons. The van der Waals surface area contributed by atoms with E-state index >= 15 is 0 Å². The van der Waals surface area contributed by atoms with E-state index in [1.807, 2.05) is 27.7 Å². The molecule has 0 saturated heterocycles. The summed E-state index contributed by atoms with van der Waals surface area (Å²) in [5, 5.41) is 0. The summed E-state index contributed by atoms with van der Waals surface area (Å²) in [6.45, 7) is 42.2. The molecule has 0 amide bonds. The van der Waals surface area contributed by atoms with Crippen LogP contribution in [0.4, 0.5) is 0 Å². The molecule has 1 aromatic rings. The second-order valence-electron chi connectivity index (χ2n) is 11.8. The van der Waals surface area contributed by atoms with Crippen LogP contribution < -0.4 is 0 Å². The SMILES string of the molecule is C=C(C)C=C(C)C.C=C(C)CC.CC.CCCC(C)(CC)CCC.CCc1ccc(C)cc1C(C)(C)C. The fraction of sp³-hybridized carbons (Fsp3) is 0.676. The van der Waals surface area contributed by atoms with Crippen LogP contribution in [0.25, 0.3) is 0 Å². The van der Waals surface area contributed by atoms with Gasteiger partial charge in [-0.3, -0.25) is 0 Å². The minimum Gasteiger partial charge on any atom is -0.100 e. The van der Waals surface area contributed by atoms with Crippen LogP contribution in [0, 0.1) is 12.3 Å². The minimum atomic E-state index is 0.275. The highest BCUT2D eigenvalue weighted by Gasteiger charge is 2.18. The number of hydrogen-bond acceptors (Lipinski definition) is 0. The van der Waals surface area contributed by atoms with Crippen LogP contribution in [0.2, 0.25) is 0 Å². The average Bonchev–Trinajstić information content (AvgIpc) is 2.80. The van der Waals surface area contributed by atoms with Crippen molar-refractivity contribution in [2.75, 3.05) is 0 Å². The Morgan fingerprint density at radius 1 is 0.811 bits per heavy atom. The number of hydrogen-bond donors (Lipinski definition) is 0. The predicted octanol–water partition coefficient (Wildman–Crippen LogP) is 13.4. The van der Waals surface area contributed by atoms with Crippen LogP contribution in [0.5, 0.6) is 0 Å². The summed E-state index contributed by atoms with van der Waals surface area (Å²) in [6.07, 6.45) is 11.1. The van der Waals surface area contributed by atoms with Gasteiger partial charge in [0, 0.05) is 0 Å². The van der Waals surface area contributed by atoms with E-state index in [-0.39, 0.29) is 5.41 Å². The van der Waals surface area contributed by atoms with Crippen molar-refractivity contribution in [1.29, 1.82) is 0 Å². The Bertz CT molecular complexity index is 711. The molecule has 0 fully saturated rings. The first-order chi connectivity index (χ1) is 17.0. The van der Waals surface area contributed by atoms with Gasteiger partial charge < -0.3 is 0 Å². The average molecular weight is 515 g/mol. The number of aryl methyl sites for hydroxylation is 2. The topological polar surface area (TPSA) is 0 Å². The summed E-state index contributed by atoms with van der Waals surface area (Å²) in [7, 11) is 0. The van der Waals surface area contributed by atoms with Gasteiger partial charge in [-0.05, 0) is 82.3 Å². The molecule has 0 atom stereocenters. The zero-order valence-electron chi connectivity index (χ0n) is 28.7. The summed E-state index contributed by atoms with van der Waals surface area (Å²) in [5.74, 6) is 0. The largest absolute Gasteiger partial charge is 0.100 e. The van der Waals surface area contributed by atoms with Gasteiger partial charge in [0.15, 0.2) is 0 Å². The van der Waals surface area contributed by atoms with Gasteiger partial charge in [0.1, 0.15) is 0 Å². The van der Waals surface area contributed by atoms with Crippen molar-refractivity contribution >= 4 is 0 Å². The Balaban J connectivity index is -0.000000203. The quantitative estimate of drug-likeness (QED) is 0.239. The molecule has 0 unspecified atom stereocenters. The normalized spacial score (nSPS) is 10.1. The first-order valence-corrected chi connectivity index (χ1v) is 15.1. The van der Waals surface area contributed by atoms with Gasteiger partial charge in [0.05, 0.1) is 0 Å². The highest BCUT2D eigenvalue weighted by atomic mass is 14.2. The maximum Gasteiger partial charge on any atom is -0.0129 e. The molecule has 0 aromatic heterocycles. The van der Waals surface area contributed by atoms with Crippen LogP contribution in [0.15, 0.2) is 54.2 Å². The molecule has 0 aliphatic carbocycles. The summed E-state index contributed by atoms with van der Waals surface area (Å²) in [5.41, 5.74) is 8.95. The Labute approximate surface area is 237 Å². The van der Waals surface area contributed by atoms with Gasteiger partial charge in [-0.25, -0.2) is 0 Å². The standard InChI is InChI=1S/C13H20.C10H22.C7H12.C5H10.C2H6/c1-6-11-8-7-10(2)9-12(11)13(3,4)5;1-5-8-10(4,7-3)9-6-2;1-6(2)5-7(3)4;1-4-5(2)3;1-2/h7-9H,6H2,1-5H3;5-9H2,1-4H3;5H,1H2,2-4H3;2,4H2,1,3H3;1-2H3. The van der Waals surface area contributed by atoms with Crippen molar-refractivity contribution in [1.82, 2.24) is 0 Å². The highest BCUT2D eigenvalue weighted by molar-refractivity contribution is 5.36. The van der Waals surface area contributed by atoms with Crippen molar-refractivity contribution in [3.8, 4) is 0 Å². The zero-order valence-corrected chi connectivity index (χ0v) is 28.7. The fourth-order valence-electron chi connectivity index (χ4n) is 3.88. The molecule has 0 heteroatoms. The molecule has 0 bridgehead atoms. The van der Waals surface area contributed by atoms with Crippen molar-refractivity contribution in [3.63, 3.8) is 0 Å². The molecule has 0 aliphatic rings. The third kappa shape index (κ3) is 27.3. The van der Waals surface area contributed by atoms with Crippen LogP contribution in [-0.2, 0) is 11.8 Å². The molecule has 1 aromatic carbocycles. The molecule has 0 saturated carbocycles. The van der Waals surface area contributed by atoms with Gasteiger partial charge in [-0.15, -0.1) is 6.58 Å². The minimum absolute atomic E-state index is 0.275. The molecule has 37 heavy (non-hydrogen) atoms. The third-order valence-corrected chi connectivity index (χ3v) is 6.15. The Morgan fingerprint density at radius 2 is 1.24 bits per heavy atom. The van der Waals surface area contributed by atoms with E-state index in [0.717, 1.165) is 18.4 Å². The maximum atomic E-state index is 3.72. The molecule has 0 N–H and O–H groups in total. The number of rotatable bonds is 8. The third-order valence-electron chi connectivity index (χ3n) is 6.15. The van der Waals surface area contributed by atoms with Crippen molar-refractivity contribution in [2.45, 2.75) is 161 Å². The van der Waals surface area contributed by atoms with Crippen LogP contribution >= 0.6 is 0 Å². The fourth-order valence-corrected chi connectivity index (χ4v) is 3.88. The monoisotopic (exact) mass is 515 g/mol. The van der Waals surface area contributed by atoms with E-state index in [1.54, 1.807) is 0 Å². The Hall–Kier alpha value is -1.56. The maximum absolute atomic E-state index is 3.72. The summed E-state index contributed by atoms with van der Waals surface area (Å²) in [6, 6.07) is 6.78. The predicted molar refractivity (Wildman–Crippen MR) is 178 cm³/mol. The van der Waals surface area contributed by atoms with Gasteiger partial charge in [0.25, 0.3) is 0 Å². The van der Waals surface area contributed by atoms with Gasteiger partial charge in [0.2, 0.25) is 0 Å². The lowest BCUT2D eigenvalue weighted by atomic mass is 9.79. The summed E-state index contributed by atoms with van der Waals surface area (Å²) < 4.78 is 0. The van der Waals surface area contributed by atoms with Gasteiger partial charge in [-0.2, -0.15) is 0 Å². The molecule has 1 rings (SSSR count). The van der Waals surface area contributed by atoms with Gasteiger partial charge >= 0.3 is 0 Å². The summed E-state index contributed by atoms with van der Waals surface area (Å²) >= 11 is 0. The lowest BCUT2D eigenvalue weighted by Gasteiger charge is -2.27. The van der Waals surface area contributed by atoms with Crippen molar-refractivity contribution in [2.24, 2.45) is 5.41 Å². The molecule has 0 aliphatic heterocycles. The van der Waals surface area contributed by atoms with Crippen LogP contribution in [0.3, 0.4) is 0 Å². The Morgan fingerprint density at radius 3 is 1.46 bits per heavy atom. The summed E-state index contributed by atoms with van der Waals surface area (Å²) in [4.78, 5) is 0. The van der Waals surface area contributed by atoms with E-state index in [1.165, 1.54) is 59.9 Å². The highest BCUT2D eigenvalue weighted by Crippen LogP contribution is 2.32. The first kappa shape index (κ1) is 42.5. The zero-order chi connectivity index (χ0) is 30.2. The van der Waals surface area contributed by atoms with Gasteiger partial charge in [-0.1, -0.05) is 149 Å². The first-order valence-electron chi connectivity index (χ1n) is 15.1. The van der Waals surface area contributed by atoms with E-state index in [4.69, 9.17) is 0 Å². The smallest absolute Gasteiger partial charge is 0.0129 e. The van der Waals surface area contributed by atoms with Crippen molar-refractivity contribution < 1.29 is 0 Å². The van der Waals surface area contributed by atoms with E-state index in [9.17, 15) is 0 Å². The lowest BCUT2D eigenvalue weighted by molar-refractivity contribution is 0.255. The van der Waals surface area contributed by atoms with Crippen molar-refractivity contribution in [3.05, 3.63) is 70.8 Å². The lowest BCUT2D eigenvalue weighted by Crippen LogP contribution is -2.14. The molecule has 0 heterocycles. The molecule has 0 radical (unpaired) electrons. The van der Waals surface area contributed by atoms with E-state index in [2.05, 4.69) is 121 Å². The molecule has 0 nitrogen and oxygen atoms in total. The van der Waals surface area contributed by atoms with Crippen LogP contribution in [0.1, 0.15) is 159 Å². The molecular weight excluding hydrogens is 444 g/mol. The molecule has 0 spiro atoms. The number of benzene rings is 1. The Kier molecular flexibility index (Phi) is 28.5. The van der Waals surface area contributed by atoms with Crippen LogP contribution in [-0.4, -0.2) is 0 Å². The van der Waals surface area contributed by atoms with E-state index < -0.39 is 0 Å². The van der Waals surface area contributed by atoms with E-state index in [0.29, 0.717) is 5.41 Å².